The standard InChI is InChI=1S/C14H15N3O/c1-2-17(8-7-15)14(18)9-11-10-16-13-6-4-3-5-12(11)13/h3-6,10,16H,2,8-9H2,1H3. The van der Waals surface area contributed by atoms with Crippen LogP contribution >= 0.6 is 0 Å². The van der Waals surface area contributed by atoms with Gasteiger partial charge in [-0.2, -0.15) is 5.26 Å². The maximum absolute atomic E-state index is 12.0. The fourth-order valence-electron chi connectivity index (χ4n) is 2.01. The Morgan fingerprint density at radius 2 is 2.22 bits per heavy atom. The van der Waals surface area contributed by atoms with Gasteiger partial charge in [-0.05, 0) is 18.6 Å². The monoisotopic (exact) mass is 241 g/mol. The number of benzene rings is 1. The molecule has 18 heavy (non-hydrogen) atoms. The first-order chi connectivity index (χ1) is 8.76. The third kappa shape index (κ3) is 2.35. The molecular formula is C14H15N3O. The number of aromatic amines is 1. The summed E-state index contributed by atoms with van der Waals surface area (Å²) in [4.78, 5) is 16.7. The smallest absolute Gasteiger partial charge is 0.227 e. The number of nitriles is 1. The molecule has 0 saturated carbocycles. The van der Waals surface area contributed by atoms with Gasteiger partial charge >= 0.3 is 0 Å². The second-order valence-corrected chi connectivity index (χ2v) is 4.10. The number of aromatic nitrogens is 1. The minimum absolute atomic E-state index is 0.0104. The lowest BCUT2D eigenvalue weighted by atomic mass is 10.1. The van der Waals surface area contributed by atoms with E-state index in [0.717, 1.165) is 16.5 Å². The van der Waals surface area contributed by atoms with E-state index in [1.807, 2.05) is 43.5 Å². The average Bonchev–Trinajstić information content (AvgIpc) is 2.79. The van der Waals surface area contributed by atoms with E-state index in [4.69, 9.17) is 5.26 Å². The summed E-state index contributed by atoms with van der Waals surface area (Å²) in [5.41, 5.74) is 2.01. The number of hydrogen-bond acceptors (Lipinski definition) is 2. The van der Waals surface area contributed by atoms with Crippen LogP contribution in [0.15, 0.2) is 30.5 Å². The Labute approximate surface area is 106 Å². The Morgan fingerprint density at radius 1 is 1.44 bits per heavy atom. The largest absolute Gasteiger partial charge is 0.361 e. The van der Waals surface area contributed by atoms with Crippen molar-refractivity contribution < 1.29 is 4.79 Å². The second kappa shape index (κ2) is 5.37. The Bertz CT molecular complexity index is 594. The van der Waals surface area contributed by atoms with Crippen molar-refractivity contribution in [1.82, 2.24) is 9.88 Å². The van der Waals surface area contributed by atoms with Crippen molar-refractivity contribution in [2.75, 3.05) is 13.1 Å². The van der Waals surface area contributed by atoms with Crippen LogP contribution in [0.4, 0.5) is 0 Å². The van der Waals surface area contributed by atoms with Crippen molar-refractivity contribution in [3.8, 4) is 6.07 Å². The minimum atomic E-state index is -0.0104. The molecule has 0 saturated heterocycles. The number of para-hydroxylation sites is 1. The number of nitrogens with zero attached hydrogens (tertiary/aromatic N) is 2. The Kier molecular flexibility index (Phi) is 3.63. The van der Waals surface area contributed by atoms with Gasteiger partial charge in [0.1, 0.15) is 6.54 Å². The zero-order chi connectivity index (χ0) is 13.0. The molecule has 0 fully saturated rings. The van der Waals surface area contributed by atoms with Crippen LogP contribution in [-0.2, 0) is 11.2 Å². The third-order valence-corrected chi connectivity index (χ3v) is 3.01. The van der Waals surface area contributed by atoms with E-state index >= 15 is 0 Å². The van der Waals surface area contributed by atoms with E-state index < -0.39 is 0 Å². The molecule has 1 N–H and O–H groups in total. The molecule has 0 aliphatic carbocycles. The predicted octanol–water partition coefficient (Wildman–Crippen LogP) is 2.08. The Morgan fingerprint density at radius 3 is 2.94 bits per heavy atom. The molecule has 0 radical (unpaired) electrons. The van der Waals surface area contributed by atoms with Gasteiger partial charge in [0.15, 0.2) is 0 Å². The lowest BCUT2D eigenvalue weighted by molar-refractivity contribution is -0.129. The van der Waals surface area contributed by atoms with Gasteiger partial charge in [-0.15, -0.1) is 0 Å². The molecule has 92 valence electrons. The first-order valence-corrected chi connectivity index (χ1v) is 5.96. The lowest BCUT2D eigenvalue weighted by Gasteiger charge is -2.16. The van der Waals surface area contributed by atoms with Crippen LogP contribution < -0.4 is 0 Å². The van der Waals surface area contributed by atoms with Crippen LogP contribution in [0.1, 0.15) is 12.5 Å². The molecule has 0 spiro atoms. The average molecular weight is 241 g/mol. The van der Waals surface area contributed by atoms with E-state index in [-0.39, 0.29) is 12.5 Å². The quantitative estimate of drug-likeness (QED) is 0.833. The van der Waals surface area contributed by atoms with Crippen molar-refractivity contribution in [3.05, 3.63) is 36.0 Å². The normalized spacial score (nSPS) is 10.2. The molecule has 0 aliphatic heterocycles. The Hall–Kier alpha value is -2.28. The molecule has 0 bridgehead atoms. The molecule has 1 amide bonds. The van der Waals surface area contributed by atoms with Crippen molar-refractivity contribution in [3.63, 3.8) is 0 Å². The van der Waals surface area contributed by atoms with Crippen LogP contribution in [0, 0.1) is 11.3 Å². The topological polar surface area (TPSA) is 59.9 Å². The van der Waals surface area contributed by atoms with Crippen LogP contribution in [0.2, 0.25) is 0 Å². The van der Waals surface area contributed by atoms with Crippen LogP contribution in [0.25, 0.3) is 10.9 Å². The number of nitrogens with one attached hydrogen (secondary N) is 1. The van der Waals surface area contributed by atoms with Crippen molar-refractivity contribution in [2.24, 2.45) is 0 Å². The number of carbonyl (C=O) groups is 1. The molecule has 1 aromatic carbocycles. The van der Waals surface area contributed by atoms with E-state index in [9.17, 15) is 4.79 Å². The number of rotatable bonds is 4. The number of fused-ring (bicyclic) bond motifs is 1. The zero-order valence-corrected chi connectivity index (χ0v) is 10.3. The lowest BCUT2D eigenvalue weighted by Crippen LogP contribution is -2.32. The zero-order valence-electron chi connectivity index (χ0n) is 10.3. The van der Waals surface area contributed by atoms with E-state index in [1.165, 1.54) is 0 Å². The molecular weight excluding hydrogens is 226 g/mol. The van der Waals surface area contributed by atoms with Gasteiger partial charge in [-0.25, -0.2) is 0 Å². The molecule has 0 atom stereocenters. The molecule has 4 nitrogen and oxygen atoms in total. The summed E-state index contributed by atoms with van der Waals surface area (Å²) in [5.74, 6) is -0.0104. The van der Waals surface area contributed by atoms with Gasteiger partial charge in [0.2, 0.25) is 5.91 Å². The summed E-state index contributed by atoms with van der Waals surface area (Å²) in [6, 6.07) is 9.90. The number of H-pyrrole nitrogens is 1. The van der Waals surface area contributed by atoms with Crippen molar-refractivity contribution >= 4 is 16.8 Å². The van der Waals surface area contributed by atoms with Gasteiger partial charge in [-0.1, -0.05) is 18.2 Å². The molecule has 0 aliphatic rings. The van der Waals surface area contributed by atoms with E-state index in [0.29, 0.717) is 13.0 Å². The maximum atomic E-state index is 12.0. The number of hydrogen-bond donors (Lipinski definition) is 1. The SMILES string of the molecule is CCN(CC#N)C(=O)Cc1c[nH]c2ccccc12. The second-order valence-electron chi connectivity index (χ2n) is 4.10. The summed E-state index contributed by atoms with van der Waals surface area (Å²) in [7, 11) is 0. The van der Waals surface area contributed by atoms with Crippen molar-refractivity contribution in [2.45, 2.75) is 13.3 Å². The van der Waals surface area contributed by atoms with Gasteiger partial charge in [0, 0.05) is 23.6 Å². The molecule has 0 unspecified atom stereocenters. The first-order valence-electron chi connectivity index (χ1n) is 5.96. The number of amides is 1. The van der Waals surface area contributed by atoms with E-state index in [2.05, 4.69) is 4.98 Å². The Balaban J connectivity index is 2.19. The maximum Gasteiger partial charge on any atom is 0.227 e. The summed E-state index contributed by atoms with van der Waals surface area (Å²) in [5, 5.41) is 9.73. The van der Waals surface area contributed by atoms with Crippen LogP contribution in [0.5, 0.6) is 0 Å². The van der Waals surface area contributed by atoms with Gasteiger partial charge in [0.25, 0.3) is 0 Å². The van der Waals surface area contributed by atoms with Gasteiger partial charge < -0.3 is 9.88 Å². The fraction of sp³-hybridized carbons (Fsp3) is 0.286. The van der Waals surface area contributed by atoms with Crippen LogP contribution in [0.3, 0.4) is 0 Å². The van der Waals surface area contributed by atoms with Gasteiger partial charge in [0.05, 0.1) is 12.5 Å². The molecule has 2 rings (SSSR count). The minimum Gasteiger partial charge on any atom is -0.361 e. The predicted molar refractivity (Wildman–Crippen MR) is 69.9 cm³/mol. The fourth-order valence-corrected chi connectivity index (χ4v) is 2.01. The highest BCUT2D eigenvalue weighted by molar-refractivity contribution is 5.88. The molecule has 1 aromatic heterocycles. The summed E-state index contributed by atoms with van der Waals surface area (Å²) in [6.07, 6.45) is 2.20. The summed E-state index contributed by atoms with van der Waals surface area (Å²) < 4.78 is 0. The highest BCUT2D eigenvalue weighted by Gasteiger charge is 2.13. The highest BCUT2D eigenvalue weighted by Crippen LogP contribution is 2.18. The highest BCUT2D eigenvalue weighted by atomic mass is 16.2. The van der Waals surface area contributed by atoms with Crippen molar-refractivity contribution in [1.29, 1.82) is 5.26 Å². The molecule has 2 aromatic rings. The number of likely N-dealkylation sites (N-methyl/N-ethyl adjacent to an activating group) is 1. The van der Waals surface area contributed by atoms with E-state index in [1.54, 1.807) is 4.90 Å². The summed E-state index contributed by atoms with van der Waals surface area (Å²) >= 11 is 0. The van der Waals surface area contributed by atoms with Crippen LogP contribution in [-0.4, -0.2) is 28.9 Å². The molecule has 1 heterocycles. The van der Waals surface area contributed by atoms with Gasteiger partial charge in [-0.3, -0.25) is 4.79 Å². The molecule has 4 heteroatoms. The first kappa shape index (κ1) is 12.2. The third-order valence-electron chi connectivity index (χ3n) is 3.01. The summed E-state index contributed by atoms with van der Waals surface area (Å²) in [6.45, 7) is 2.59. The number of carbonyl (C=O) groups excluding carboxylic acids is 1.